The van der Waals surface area contributed by atoms with Crippen molar-refractivity contribution in [3.63, 3.8) is 0 Å². The number of fused-ring (bicyclic) bond motifs is 6. The average molecular weight is 615 g/mol. The molecule has 0 radical (unpaired) electrons. The second-order valence-corrected chi connectivity index (χ2v) is 11.0. The number of nitrogens with zero attached hydrogens (tertiary/aromatic N) is 2. The number of para-hydroxylation sites is 1. The fourth-order valence-corrected chi connectivity index (χ4v) is 6.51. The first-order valence-corrected chi connectivity index (χ1v) is 13.7. The number of esters is 1. The van der Waals surface area contributed by atoms with Crippen LogP contribution < -0.4 is 29.1 Å². The Morgan fingerprint density at radius 1 is 1.09 bits per heavy atom. The fourth-order valence-electron chi connectivity index (χ4n) is 5.41. The van der Waals surface area contributed by atoms with E-state index in [1.54, 1.807) is 55.5 Å². The van der Waals surface area contributed by atoms with Crippen molar-refractivity contribution in [2.75, 3.05) is 14.2 Å². The van der Waals surface area contributed by atoms with Gasteiger partial charge in [-0.25, -0.2) is 13.8 Å². The lowest BCUT2D eigenvalue weighted by atomic mass is 9.81. The molecule has 0 saturated heterocycles. The number of methoxy groups -OCH3 is 2. The summed E-state index contributed by atoms with van der Waals surface area (Å²) in [7, 11) is 2.62. The summed E-state index contributed by atoms with van der Waals surface area (Å²) in [6.07, 6.45) is 1.58. The summed E-state index contributed by atoms with van der Waals surface area (Å²) in [6, 6.07) is 11.2. The summed E-state index contributed by atoms with van der Waals surface area (Å²) < 4.78 is 79.0. The molecule has 0 N–H and O–H groups in total. The molecule has 3 heterocycles. The second-order valence-electron chi connectivity index (χ2n) is 9.98. The number of benzene rings is 3. The van der Waals surface area contributed by atoms with Crippen molar-refractivity contribution in [3.05, 3.63) is 108 Å². The van der Waals surface area contributed by atoms with Gasteiger partial charge in [0.2, 0.25) is 17.4 Å². The molecule has 2 bridgehead atoms. The van der Waals surface area contributed by atoms with Crippen LogP contribution in [0.15, 0.2) is 58.3 Å². The number of hydrogen-bond donors (Lipinski definition) is 0. The predicted octanol–water partition coefficient (Wildman–Crippen LogP) is 4.00. The van der Waals surface area contributed by atoms with Crippen molar-refractivity contribution in [1.29, 1.82) is 0 Å². The zero-order valence-electron chi connectivity index (χ0n) is 22.8. The molecule has 0 unspecified atom stereocenters. The number of rotatable bonds is 6. The summed E-state index contributed by atoms with van der Waals surface area (Å²) >= 11 is 1.09. The lowest BCUT2D eigenvalue weighted by Crippen LogP contribution is -2.58. The third kappa shape index (κ3) is 4.63. The first-order chi connectivity index (χ1) is 20.6. The van der Waals surface area contributed by atoms with Crippen LogP contribution in [-0.4, -0.2) is 30.5 Å². The van der Waals surface area contributed by atoms with E-state index in [2.05, 4.69) is 4.99 Å². The van der Waals surface area contributed by atoms with E-state index in [-0.39, 0.29) is 21.9 Å². The van der Waals surface area contributed by atoms with Crippen LogP contribution in [0.4, 0.5) is 17.6 Å². The molecule has 0 amide bonds. The number of halogens is 4. The van der Waals surface area contributed by atoms with E-state index in [4.69, 9.17) is 18.9 Å². The van der Waals surface area contributed by atoms with Gasteiger partial charge in [-0.3, -0.25) is 14.2 Å². The maximum Gasteiger partial charge on any atom is 0.317 e. The fraction of sp³-hybridized carbons (Fsp3) is 0.233. The monoisotopic (exact) mass is 614 g/mol. The van der Waals surface area contributed by atoms with Crippen LogP contribution in [0.1, 0.15) is 29.7 Å². The Morgan fingerprint density at radius 2 is 1.81 bits per heavy atom. The van der Waals surface area contributed by atoms with Crippen LogP contribution in [0, 0.1) is 29.2 Å². The van der Waals surface area contributed by atoms with E-state index in [1.165, 1.54) is 18.8 Å². The van der Waals surface area contributed by atoms with Crippen LogP contribution in [-0.2, 0) is 16.1 Å². The molecule has 8 nitrogen and oxygen atoms in total. The van der Waals surface area contributed by atoms with Crippen molar-refractivity contribution in [3.8, 4) is 17.2 Å². The van der Waals surface area contributed by atoms with Crippen LogP contribution in [0.5, 0.6) is 17.2 Å². The molecule has 0 aliphatic carbocycles. The van der Waals surface area contributed by atoms with Crippen molar-refractivity contribution >= 4 is 23.4 Å². The summed E-state index contributed by atoms with van der Waals surface area (Å²) in [5.74, 6) is -8.49. The summed E-state index contributed by atoms with van der Waals surface area (Å²) in [6.45, 7) is 1.16. The number of thiazole rings is 1. The zero-order valence-corrected chi connectivity index (χ0v) is 23.6. The van der Waals surface area contributed by atoms with Crippen LogP contribution in [0.25, 0.3) is 6.08 Å². The van der Waals surface area contributed by atoms with Gasteiger partial charge in [0.1, 0.15) is 24.0 Å². The topological polar surface area (TPSA) is 88.4 Å². The van der Waals surface area contributed by atoms with E-state index in [9.17, 15) is 27.2 Å². The van der Waals surface area contributed by atoms with Gasteiger partial charge in [-0.1, -0.05) is 35.6 Å². The minimum atomic E-state index is -1.67. The average Bonchev–Trinajstić information content (AvgIpc) is 3.28. The van der Waals surface area contributed by atoms with Crippen molar-refractivity contribution in [2.24, 2.45) is 10.9 Å². The van der Waals surface area contributed by atoms with Gasteiger partial charge in [0.15, 0.2) is 22.2 Å². The normalized spacial score (nSPS) is 20.4. The lowest BCUT2D eigenvalue weighted by molar-refractivity contribution is -0.158. The standard InChI is InChI=1S/C30H22F4N2O6S/c1-30-22(28(38)40-3)25(16-6-4-5-7-20(16)42-30)36-27(37)21(43-29(36)35-30)11-14-8-9-19(39-2)15(10-14)13-41-26-23(33)17(31)12-18(32)24(26)34/h4-12,22,25H,13H2,1-3H3/t22-,25-,30-/m1/s1. The Balaban J connectivity index is 1.43. The summed E-state index contributed by atoms with van der Waals surface area (Å²) in [5.41, 5.74) is -0.337. The molecule has 0 saturated carbocycles. The van der Waals surface area contributed by atoms with Gasteiger partial charge in [0.25, 0.3) is 5.56 Å². The van der Waals surface area contributed by atoms with E-state index in [0.29, 0.717) is 21.7 Å². The highest BCUT2D eigenvalue weighted by Crippen LogP contribution is 2.47. The maximum absolute atomic E-state index is 14.1. The molecule has 0 spiro atoms. The van der Waals surface area contributed by atoms with Gasteiger partial charge in [0.05, 0.1) is 24.8 Å². The molecule has 2 aliphatic heterocycles. The summed E-state index contributed by atoms with van der Waals surface area (Å²) in [4.78, 5) is 31.8. The summed E-state index contributed by atoms with van der Waals surface area (Å²) in [5, 5.41) is 0. The molecule has 3 atom stereocenters. The third-order valence-electron chi connectivity index (χ3n) is 7.38. The molecule has 222 valence electrons. The van der Waals surface area contributed by atoms with Gasteiger partial charge in [0, 0.05) is 17.2 Å². The number of aromatic nitrogens is 1. The third-order valence-corrected chi connectivity index (χ3v) is 8.36. The Morgan fingerprint density at radius 3 is 2.51 bits per heavy atom. The molecule has 4 aromatic rings. The number of ether oxygens (including phenoxy) is 4. The Labute approximate surface area is 245 Å². The van der Waals surface area contributed by atoms with Crippen molar-refractivity contribution in [2.45, 2.75) is 25.3 Å². The Bertz CT molecular complexity index is 1950. The highest BCUT2D eigenvalue weighted by atomic mass is 32.1. The van der Waals surface area contributed by atoms with Gasteiger partial charge in [-0.05, 0) is 36.8 Å². The highest BCUT2D eigenvalue weighted by Gasteiger charge is 2.55. The smallest absolute Gasteiger partial charge is 0.317 e. The van der Waals surface area contributed by atoms with Crippen LogP contribution in [0.3, 0.4) is 0 Å². The van der Waals surface area contributed by atoms with Gasteiger partial charge in [-0.15, -0.1) is 0 Å². The molecule has 43 heavy (non-hydrogen) atoms. The van der Waals surface area contributed by atoms with E-state index in [1.807, 2.05) is 0 Å². The van der Waals surface area contributed by atoms with E-state index in [0.717, 1.165) is 11.3 Å². The minimum absolute atomic E-state index is 0.0887. The molecular formula is C30H22F4N2O6S. The first kappa shape index (κ1) is 28.5. The number of carbonyl (C=O) groups is 1. The van der Waals surface area contributed by atoms with Gasteiger partial charge >= 0.3 is 5.97 Å². The predicted molar refractivity (Wildman–Crippen MR) is 146 cm³/mol. The first-order valence-electron chi connectivity index (χ1n) is 12.9. The molecule has 13 heteroatoms. The second kappa shape index (κ2) is 10.6. The van der Waals surface area contributed by atoms with E-state index >= 15 is 0 Å². The van der Waals surface area contributed by atoms with Crippen molar-refractivity contribution in [1.82, 2.24) is 4.57 Å². The largest absolute Gasteiger partial charge is 0.496 e. The van der Waals surface area contributed by atoms with Crippen LogP contribution in [0.2, 0.25) is 0 Å². The van der Waals surface area contributed by atoms with Crippen molar-refractivity contribution < 1.29 is 41.3 Å². The SMILES string of the molecule is COC(=O)[C@H]1[C@H]2c3ccccc3O[C@@]1(C)N=c1sc(=Cc3ccc(OC)c(COc4c(F)c(F)cc(F)c4F)c3)c(=O)n12. The van der Waals surface area contributed by atoms with Gasteiger partial charge < -0.3 is 18.9 Å². The quantitative estimate of drug-likeness (QED) is 0.185. The maximum atomic E-state index is 14.1. The Kier molecular flexibility index (Phi) is 6.99. The number of hydrogen-bond acceptors (Lipinski definition) is 8. The van der Waals surface area contributed by atoms with E-state index < -0.39 is 64.8 Å². The molecule has 0 fully saturated rings. The lowest BCUT2D eigenvalue weighted by Gasteiger charge is -2.44. The molecule has 6 rings (SSSR count). The molecule has 1 aromatic heterocycles. The Hall–Kier alpha value is -4.65. The highest BCUT2D eigenvalue weighted by molar-refractivity contribution is 7.07. The molecule has 3 aromatic carbocycles. The molecule has 2 aliphatic rings. The zero-order chi connectivity index (χ0) is 30.6. The minimum Gasteiger partial charge on any atom is -0.496 e. The number of carbonyl (C=O) groups excluding carboxylic acids is 1. The van der Waals surface area contributed by atoms with Gasteiger partial charge in [-0.2, -0.15) is 8.78 Å². The van der Waals surface area contributed by atoms with Crippen LogP contribution >= 0.6 is 11.3 Å². The molecular weight excluding hydrogens is 592 g/mol.